The first-order valence-corrected chi connectivity index (χ1v) is 12.2. The van der Waals surface area contributed by atoms with E-state index in [0.29, 0.717) is 36.6 Å². The molecule has 3 aliphatic rings. The molecule has 0 saturated heterocycles. The Morgan fingerprint density at radius 2 is 1.85 bits per heavy atom. The molecule has 0 aromatic heterocycles. The zero-order chi connectivity index (χ0) is 23.7. The zero-order valence-electron chi connectivity index (χ0n) is 19.9. The van der Waals surface area contributed by atoms with Crippen LogP contribution in [0.15, 0.2) is 48.0 Å². The molecule has 0 spiro atoms. The molecule has 2 aliphatic heterocycles. The molecule has 0 radical (unpaired) electrons. The van der Waals surface area contributed by atoms with Crippen molar-refractivity contribution >= 4 is 11.8 Å². The summed E-state index contributed by atoms with van der Waals surface area (Å²) in [5.74, 6) is 0.745. The van der Waals surface area contributed by atoms with Crippen molar-refractivity contribution in [2.75, 3.05) is 27.3 Å². The number of hydrogen-bond donors (Lipinski definition) is 1. The average Bonchev–Trinajstić information content (AvgIpc) is 2.88. The van der Waals surface area contributed by atoms with Gasteiger partial charge in [-0.25, -0.2) is 0 Å². The molecule has 2 aromatic rings. The number of fused-ring (bicyclic) bond motifs is 4. The number of nitrogens with one attached hydrogen (secondary N) is 1. The first-order valence-electron chi connectivity index (χ1n) is 12.2. The molecule has 2 heterocycles. The highest BCUT2D eigenvalue weighted by Crippen LogP contribution is 2.48. The van der Waals surface area contributed by atoms with Gasteiger partial charge >= 0.3 is 0 Å². The van der Waals surface area contributed by atoms with Crippen molar-refractivity contribution in [1.82, 2.24) is 10.2 Å². The third-order valence-electron chi connectivity index (χ3n) is 7.44. The fourth-order valence-corrected chi connectivity index (χ4v) is 5.72. The number of hydrogen-bond acceptors (Lipinski definition) is 4. The topological polar surface area (TPSA) is 67.9 Å². The maximum Gasteiger partial charge on any atom is 0.254 e. The molecule has 2 atom stereocenters. The van der Waals surface area contributed by atoms with Crippen LogP contribution >= 0.6 is 0 Å². The summed E-state index contributed by atoms with van der Waals surface area (Å²) in [4.78, 5) is 29.1. The average molecular weight is 461 g/mol. The molecule has 178 valence electrons. The Labute approximate surface area is 200 Å². The number of methoxy groups -OCH3 is 2. The highest BCUT2D eigenvalue weighted by molar-refractivity contribution is 6.01. The lowest BCUT2D eigenvalue weighted by Gasteiger charge is -2.45. The van der Waals surface area contributed by atoms with Gasteiger partial charge in [0.25, 0.3) is 5.91 Å². The minimum atomic E-state index is -0.480. The zero-order valence-corrected chi connectivity index (χ0v) is 19.9. The SMILES string of the molecule is COc1cc2c(cc1OC)[C@@H]1[C@@H](C(=O)NCCC3=CCCCC3)c3ccccc3C(=O)N1CC2. The summed E-state index contributed by atoms with van der Waals surface area (Å²) in [6, 6.07) is 11.1. The van der Waals surface area contributed by atoms with Crippen molar-refractivity contribution in [1.29, 1.82) is 0 Å². The van der Waals surface area contributed by atoms with E-state index in [4.69, 9.17) is 9.47 Å². The molecule has 2 amide bonds. The normalized spacial score (nSPS) is 21.1. The number of allylic oxidation sites excluding steroid dienone is 1. The second-order valence-corrected chi connectivity index (χ2v) is 9.31. The van der Waals surface area contributed by atoms with Gasteiger partial charge in [-0.05, 0) is 73.4 Å². The monoisotopic (exact) mass is 460 g/mol. The van der Waals surface area contributed by atoms with Crippen molar-refractivity contribution in [2.24, 2.45) is 0 Å². The number of carbonyl (C=O) groups excluding carboxylic acids is 2. The lowest BCUT2D eigenvalue weighted by Crippen LogP contribution is -2.50. The first kappa shape index (κ1) is 22.5. The summed E-state index contributed by atoms with van der Waals surface area (Å²) in [5, 5.41) is 3.20. The summed E-state index contributed by atoms with van der Waals surface area (Å²) in [7, 11) is 3.23. The molecular formula is C28H32N2O4. The van der Waals surface area contributed by atoms with Crippen molar-refractivity contribution in [2.45, 2.75) is 50.5 Å². The van der Waals surface area contributed by atoms with E-state index in [1.807, 2.05) is 41.3 Å². The Kier molecular flexibility index (Phi) is 6.31. The lowest BCUT2D eigenvalue weighted by molar-refractivity contribution is -0.124. The Morgan fingerprint density at radius 3 is 2.62 bits per heavy atom. The van der Waals surface area contributed by atoms with Crippen molar-refractivity contribution in [3.63, 3.8) is 0 Å². The number of ether oxygens (including phenoxy) is 2. The van der Waals surface area contributed by atoms with Crippen LogP contribution in [0.1, 0.15) is 71.1 Å². The Balaban J connectivity index is 1.51. The summed E-state index contributed by atoms with van der Waals surface area (Å²) in [5.41, 5.74) is 4.91. The minimum absolute atomic E-state index is 0.0163. The summed E-state index contributed by atoms with van der Waals surface area (Å²) in [6.07, 6.45) is 8.67. The molecule has 0 bridgehead atoms. The van der Waals surface area contributed by atoms with Gasteiger partial charge in [0.15, 0.2) is 11.5 Å². The second-order valence-electron chi connectivity index (χ2n) is 9.31. The summed E-state index contributed by atoms with van der Waals surface area (Å²) >= 11 is 0. The summed E-state index contributed by atoms with van der Waals surface area (Å²) in [6.45, 7) is 1.18. The largest absolute Gasteiger partial charge is 0.493 e. The molecule has 34 heavy (non-hydrogen) atoms. The van der Waals surface area contributed by atoms with Crippen molar-refractivity contribution < 1.29 is 19.1 Å². The van der Waals surface area contributed by atoms with Crippen LogP contribution in [0.25, 0.3) is 0 Å². The molecule has 1 N–H and O–H groups in total. The van der Waals surface area contributed by atoms with Crippen LogP contribution in [-0.4, -0.2) is 44.0 Å². The number of nitrogens with zero attached hydrogens (tertiary/aromatic N) is 1. The van der Waals surface area contributed by atoms with Gasteiger partial charge in [0, 0.05) is 18.7 Å². The van der Waals surface area contributed by atoms with Gasteiger partial charge < -0.3 is 19.7 Å². The van der Waals surface area contributed by atoms with Crippen LogP contribution in [0, 0.1) is 0 Å². The van der Waals surface area contributed by atoms with Gasteiger partial charge in [0.2, 0.25) is 5.91 Å². The molecule has 5 rings (SSSR count). The third kappa shape index (κ3) is 3.95. The van der Waals surface area contributed by atoms with Crippen LogP contribution in [0.3, 0.4) is 0 Å². The number of amides is 2. The van der Waals surface area contributed by atoms with Gasteiger partial charge in [0.05, 0.1) is 26.2 Å². The molecular weight excluding hydrogens is 428 g/mol. The van der Waals surface area contributed by atoms with E-state index in [0.717, 1.165) is 36.0 Å². The number of rotatable bonds is 6. The van der Waals surface area contributed by atoms with Gasteiger partial charge in [-0.3, -0.25) is 9.59 Å². The van der Waals surface area contributed by atoms with Crippen LogP contribution in [0.5, 0.6) is 11.5 Å². The van der Waals surface area contributed by atoms with E-state index in [9.17, 15) is 9.59 Å². The Bertz CT molecular complexity index is 1140. The maximum absolute atomic E-state index is 13.7. The maximum atomic E-state index is 13.7. The predicted octanol–water partition coefficient (Wildman–Crippen LogP) is 4.55. The smallest absolute Gasteiger partial charge is 0.254 e. The molecule has 1 aliphatic carbocycles. The van der Waals surface area contributed by atoms with E-state index in [2.05, 4.69) is 11.4 Å². The first-order chi connectivity index (χ1) is 16.6. The fourth-order valence-electron chi connectivity index (χ4n) is 5.72. The van der Waals surface area contributed by atoms with E-state index in [1.165, 1.54) is 18.4 Å². The quantitative estimate of drug-likeness (QED) is 0.643. The molecule has 0 saturated carbocycles. The molecule has 0 unspecified atom stereocenters. The van der Waals surface area contributed by atoms with Crippen LogP contribution in [0.4, 0.5) is 0 Å². The van der Waals surface area contributed by atoms with E-state index < -0.39 is 5.92 Å². The highest BCUT2D eigenvalue weighted by atomic mass is 16.5. The van der Waals surface area contributed by atoms with Gasteiger partial charge in [0.1, 0.15) is 0 Å². The third-order valence-corrected chi connectivity index (χ3v) is 7.44. The highest BCUT2D eigenvalue weighted by Gasteiger charge is 2.46. The second kappa shape index (κ2) is 9.53. The number of carbonyl (C=O) groups is 2. The molecule has 6 nitrogen and oxygen atoms in total. The van der Waals surface area contributed by atoms with Crippen LogP contribution in [-0.2, 0) is 11.2 Å². The van der Waals surface area contributed by atoms with E-state index >= 15 is 0 Å². The van der Waals surface area contributed by atoms with Gasteiger partial charge in [-0.15, -0.1) is 0 Å². The summed E-state index contributed by atoms with van der Waals surface area (Å²) < 4.78 is 11.1. The molecule has 6 heteroatoms. The van der Waals surface area contributed by atoms with E-state index in [-0.39, 0.29) is 17.9 Å². The molecule has 0 fully saturated rings. The number of benzene rings is 2. The minimum Gasteiger partial charge on any atom is -0.493 e. The van der Waals surface area contributed by atoms with Crippen molar-refractivity contribution in [3.8, 4) is 11.5 Å². The van der Waals surface area contributed by atoms with Crippen LogP contribution < -0.4 is 14.8 Å². The Hall–Kier alpha value is -3.28. The Morgan fingerprint density at radius 1 is 1.06 bits per heavy atom. The van der Waals surface area contributed by atoms with Gasteiger partial charge in [-0.1, -0.05) is 29.8 Å². The standard InChI is InChI=1S/C28H32N2O4/c1-33-23-16-19-13-15-30-26(22(19)17-24(23)34-2)25(20-10-6-7-11-21(20)28(30)32)27(31)29-14-12-18-8-4-3-5-9-18/h6-8,10-11,16-17,25-26H,3-5,9,12-15H2,1-2H3,(H,29,31)/t25-,26+/m0/s1. The predicted molar refractivity (Wildman–Crippen MR) is 130 cm³/mol. The molecule has 2 aromatic carbocycles. The fraction of sp³-hybridized carbons (Fsp3) is 0.429. The van der Waals surface area contributed by atoms with Crippen LogP contribution in [0.2, 0.25) is 0 Å². The van der Waals surface area contributed by atoms with E-state index in [1.54, 1.807) is 14.2 Å². The van der Waals surface area contributed by atoms with Gasteiger partial charge in [-0.2, -0.15) is 0 Å². The van der Waals surface area contributed by atoms with Crippen molar-refractivity contribution in [3.05, 3.63) is 70.3 Å². The lowest BCUT2D eigenvalue weighted by atomic mass is 9.75.